The molecule has 0 atom stereocenters. The van der Waals surface area contributed by atoms with Gasteiger partial charge in [-0.25, -0.2) is 9.37 Å². The summed E-state index contributed by atoms with van der Waals surface area (Å²) in [7, 11) is 0. The van der Waals surface area contributed by atoms with Gasteiger partial charge in [-0.15, -0.1) is 0 Å². The van der Waals surface area contributed by atoms with Crippen LogP contribution in [0, 0.1) is 12.7 Å². The minimum absolute atomic E-state index is 0.168. The van der Waals surface area contributed by atoms with Gasteiger partial charge in [0, 0.05) is 12.1 Å². The Labute approximate surface area is 165 Å². The molecule has 7 nitrogen and oxygen atoms in total. The summed E-state index contributed by atoms with van der Waals surface area (Å²) in [6.45, 7) is 2.16. The molecular weight excluding hydrogens is 375 g/mol. The van der Waals surface area contributed by atoms with Crippen LogP contribution in [0.15, 0.2) is 59.4 Å². The Morgan fingerprint density at radius 3 is 2.72 bits per heavy atom. The number of hydrogen-bond donors (Lipinski definition) is 1. The van der Waals surface area contributed by atoms with E-state index < -0.39 is 0 Å². The highest BCUT2D eigenvalue weighted by Crippen LogP contribution is 2.32. The monoisotopic (exact) mass is 392 g/mol. The number of nitrogens with zero attached hydrogens (tertiary/aromatic N) is 3. The molecule has 0 saturated heterocycles. The van der Waals surface area contributed by atoms with Gasteiger partial charge in [-0.2, -0.15) is 4.98 Å². The minimum atomic E-state index is -0.361. The van der Waals surface area contributed by atoms with E-state index >= 15 is 0 Å². The van der Waals surface area contributed by atoms with Gasteiger partial charge in [-0.05, 0) is 42.3 Å². The molecule has 146 valence electrons. The van der Waals surface area contributed by atoms with Crippen LogP contribution in [0.1, 0.15) is 11.1 Å². The van der Waals surface area contributed by atoms with E-state index in [-0.39, 0.29) is 29.9 Å². The van der Waals surface area contributed by atoms with Crippen LogP contribution in [0.2, 0.25) is 0 Å². The van der Waals surface area contributed by atoms with Crippen molar-refractivity contribution in [2.75, 3.05) is 6.61 Å². The lowest BCUT2D eigenvalue weighted by atomic mass is 10.1. The quantitative estimate of drug-likeness (QED) is 0.541. The third-order valence-corrected chi connectivity index (χ3v) is 4.43. The van der Waals surface area contributed by atoms with Crippen LogP contribution in [-0.2, 0) is 11.3 Å². The molecule has 0 unspecified atom stereocenters. The maximum Gasteiger partial charge on any atom is 0.265 e. The number of aromatic nitrogens is 3. The van der Waals surface area contributed by atoms with E-state index in [1.807, 2.05) is 31.2 Å². The average molecular weight is 392 g/mol. The van der Waals surface area contributed by atoms with Gasteiger partial charge >= 0.3 is 0 Å². The second-order valence-corrected chi connectivity index (χ2v) is 6.39. The van der Waals surface area contributed by atoms with E-state index in [0.717, 1.165) is 11.1 Å². The van der Waals surface area contributed by atoms with Gasteiger partial charge in [-0.1, -0.05) is 29.4 Å². The molecule has 0 saturated carbocycles. The van der Waals surface area contributed by atoms with Crippen molar-refractivity contribution in [2.24, 2.45) is 0 Å². The number of aryl methyl sites for hydroxylation is 1. The van der Waals surface area contributed by atoms with Crippen LogP contribution in [-0.4, -0.2) is 27.6 Å². The fourth-order valence-electron chi connectivity index (χ4n) is 2.86. The summed E-state index contributed by atoms with van der Waals surface area (Å²) < 4.78 is 24.0. The smallest absolute Gasteiger partial charge is 0.265 e. The number of benzene rings is 2. The standard InChI is InChI=1S/C21H17FN4O3/c1-13-4-2-3-5-15(13)10-23-17(27)11-28-20-18-19(14-6-8-16(22)9-7-14)26-29-21(18)25-12-24-20/h2-9,12H,10-11H2,1H3,(H,23,27). The van der Waals surface area contributed by atoms with Crippen molar-refractivity contribution < 1.29 is 18.4 Å². The van der Waals surface area contributed by atoms with E-state index in [0.29, 0.717) is 23.2 Å². The Hall–Kier alpha value is -3.81. The number of rotatable bonds is 6. The molecule has 2 aromatic carbocycles. The van der Waals surface area contributed by atoms with Gasteiger partial charge < -0.3 is 14.6 Å². The lowest BCUT2D eigenvalue weighted by molar-refractivity contribution is -0.123. The molecular formula is C21H17FN4O3. The van der Waals surface area contributed by atoms with Gasteiger partial charge in [0.05, 0.1) is 0 Å². The molecule has 1 amide bonds. The van der Waals surface area contributed by atoms with E-state index in [2.05, 4.69) is 20.4 Å². The molecule has 0 radical (unpaired) electrons. The molecule has 4 rings (SSSR count). The first-order valence-corrected chi connectivity index (χ1v) is 8.92. The maximum atomic E-state index is 13.2. The van der Waals surface area contributed by atoms with E-state index in [1.165, 1.54) is 18.5 Å². The Morgan fingerprint density at radius 1 is 1.14 bits per heavy atom. The fraction of sp³-hybridized carbons (Fsp3) is 0.143. The first-order valence-electron chi connectivity index (χ1n) is 8.92. The topological polar surface area (TPSA) is 90.1 Å². The van der Waals surface area contributed by atoms with E-state index in [1.54, 1.807) is 12.1 Å². The van der Waals surface area contributed by atoms with Crippen LogP contribution in [0.4, 0.5) is 4.39 Å². The number of fused-ring (bicyclic) bond motifs is 1. The van der Waals surface area contributed by atoms with Gasteiger partial charge in [-0.3, -0.25) is 4.79 Å². The predicted octanol–water partition coefficient (Wildman–Crippen LogP) is 3.43. The van der Waals surface area contributed by atoms with Crippen molar-refractivity contribution in [3.8, 4) is 17.1 Å². The van der Waals surface area contributed by atoms with Gasteiger partial charge in [0.15, 0.2) is 6.61 Å². The highest BCUT2D eigenvalue weighted by molar-refractivity contribution is 5.93. The predicted molar refractivity (Wildman–Crippen MR) is 104 cm³/mol. The number of amides is 1. The molecule has 29 heavy (non-hydrogen) atoms. The lowest BCUT2D eigenvalue weighted by Gasteiger charge is -2.09. The first-order chi connectivity index (χ1) is 14.1. The van der Waals surface area contributed by atoms with Gasteiger partial charge in [0.25, 0.3) is 11.6 Å². The number of halogens is 1. The summed E-state index contributed by atoms with van der Waals surface area (Å²) in [5.41, 5.74) is 3.38. The number of carbonyl (C=O) groups is 1. The summed E-state index contributed by atoms with van der Waals surface area (Å²) in [4.78, 5) is 20.3. The van der Waals surface area contributed by atoms with E-state index in [4.69, 9.17) is 9.26 Å². The molecule has 4 aromatic rings. The Morgan fingerprint density at radius 2 is 1.93 bits per heavy atom. The summed E-state index contributed by atoms with van der Waals surface area (Å²) in [5.74, 6) is -0.485. The van der Waals surface area contributed by atoms with Crippen molar-refractivity contribution in [2.45, 2.75) is 13.5 Å². The zero-order valence-electron chi connectivity index (χ0n) is 15.6. The summed E-state index contributed by atoms with van der Waals surface area (Å²) in [5, 5.41) is 7.23. The molecule has 0 bridgehead atoms. The molecule has 8 heteroatoms. The largest absolute Gasteiger partial charge is 0.467 e. The molecule has 0 aliphatic carbocycles. The van der Waals surface area contributed by atoms with Gasteiger partial charge in [0.2, 0.25) is 5.88 Å². The van der Waals surface area contributed by atoms with Crippen LogP contribution < -0.4 is 10.1 Å². The zero-order chi connectivity index (χ0) is 20.2. The molecule has 0 aliphatic rings. The number of carbonyl (C=O) groups excluding carboxylic acids is 1. The Kier molecular flexibility index (Phi) is 5.15. The second kappa shape index (κ2) is 8.05. The van der Waals surface area contributed by atoms with Crippen molar-refractivity contribution in [3.05, 3.63) is 71.8 Å². The normalized spacial score (nSPS) is 10.8. The molecule has 2 heterocycles. The fourth-order valence-corrected chi connectivity index (χ4v) is 2.86. The summed E-state index contributed by atoms with van der Waals surface area (Å²) in [6, 6.07) is 13.6. The molecule has 1 N–H and O–H groups in total. The second-order valence-electron chi connectivity index (χ2n) is 6.39. The zero-order valence-corrected chi connectivity index (χ0v) is 15.6. The SMILES string of the molecule is Cc1ccccc1CNC(=O)COc1ncnc2onc(-c3ccc(F)cc3)c12. The number of hydrogen-bond acceptors (Lipinski definition) is 6. The molecule has 0 spiro atoms. The lowest BCUT2D eigenvalue weighted by Crippen LogP contribution is -2.28. The Balaban J connectivity index is 1.49. The highest BCUT2D eigenvalue weighted by atomic mass is 19.1. The summed E-state index contributed by atoms with van der Waals surface area (Å²) in [6.07, 6.45) is 1.27. The maximum absolute atomic E-state index is 13.2. The van der Waals surface area contributed by atoms with Crippen LogP contribution in [0.25, 0.3) is 22.4 Å². The number of ether oxygens (including phenoxy) is 1. The van der Waals surface area contributed by atoms with Crippen molar-refractivity contribution in [3.63, 3.8) is 0 Å². The Bertz CT molecular complexity index is 1160. The van der Waals surface area contributed by atoms with Crippen LogP contribution in [0.5, 0.6) is 5.88 Å². The molecule has 0 aliphatic heterocycles. The molecule has 2 aromatic heterocycles. The minimum Gasteiger partial charge on any atom is -0.467 e. The molecule has 0 fully saturated rings. The highest BCUT2D eigenvalue weighted by Gasteiger charge is 2.18. The third-order valence-electron chi connectivity index (χ3n) is 4.43. The third kappa shape index (κ3) is 4.06. The summed E-state index contributed by atoms with van der Waals surface area (Å²) >= 11 is 0. The first kappa shape index (κ1) is 18.5. The van der Waals surface area contributed by atoms with Crippen molar-refractivity contribution >= 4 is 17.0 Å². The van der Waals surface area contributed by atoms with Crippen molar-refractivity contribution in [1.29, 1.82) is 0 Å². The average Bonchev–Trinajstić information content (AvgIpc) is 3.17. The van der Waals surface area contributed by atoms with Gasteiger partial charge in [0.1, 0.15) is 23.2 Å². The van der Waals surface area contributed by atoms with E-state index in [9.17, 15) is 9.18 Å². The number of nitrogens with one attached hydrogen (secondary N) is 1. The van der Waals surface area contributed by atoms with Crippen molar-refractivity contribution in [1.82, 2.24) is 20.4 Å². The van der Waals surface area contributed by atoms with Crippen LogP contribution >= 0.6 is 0 Å². The van der Waals surface area contributed by atoms with Crippen LogP contribution in [0.3, 0.4) is 0 Å².